The van der Waals surface area contributed by atoms with Gasteiger partial charge in [0.05, 0.1) is 17.7 Å². The van der Waals surface area contributed by atoms with E-state index in [9.17, 15) is 18.0 Å². The molecule has 196 valence electrons. The van der Waals surface area contributed by atoms with Crippen LogP contribution in [0.1, 0.15) is 18.1 Å². The van der Waals surface area contributed by atoms with Gasteiger partial charge in [0.25, 0.3) is 10.0 Å². The summed E-state index contributed by atoms with van der Waals surface area (Å²) < 4.78 is 33.8. The molecule has 0 heterocycles. The zero-order valence-electron chi connectivity index (χ0n) is 21.1. The number of nitrogens with zero attached hydrogens (tertiary/aromatic N) is 2. The number of amides is 2. The van der Waals surface area contributed by atoms with Crippen LogP contribution in [0, 0.1) is 6.92 Å². The van der Waals surface area contributed by atoms with Crippen LogP contribution in [0.5, 0.6) is 5.75 Å². The van der Waals surface area contributed by atoms with Crippen LogP contribution >= 0.6 is 11.6 Å². The zero-order chi connectivity index (χ0) is 27.2. The van der Waals surface area contributed by atoms with Crippen molar-refractivity contribution >= 4 is 39.1 Å². The van der Waals surface area contributed by atoms with Gasteiger partial charge < -0.3 is 15.0 Å². The van der Waals surface area contributed by atoms with Crippen LogP contribution in [0.4, 0.5) is 5.69 Å². The van der Waals surface area contributed by atoms with Gasteiger partial charge in [-0.1, -0.05) is 41.9 Å². The Bertz CT molecular complexity index is 1350. The first kappa shape index (κ1) is 28.0. The number of hydrogen-bond donors (Lipinski definition) is 1. The number of carbonyl (C=O) groups excluding carboxylic acids is 2. The number of aryl methyl sites for hydroxylation is 1. The van der Waals surface area contributed by atoms with E-state index in [-0.39, 0.29) is 17.3 Å². The van der Waals surface area contributed by atoms with E-state index in [0.717, 1.165) is 9.87 Å². The number of rotatable bonds is 10. The molecule has 0 aromatic heterocycles. The molecule has 0 saturated heterocycles. The van der Waals surface area contributed by atoms with E-state index in [0.29, 0.717) is 22.0 Å². The lowest BCUT2D eigenvalue weighted by molar-refractivity contribution is -0.139. The zero-order valence-corrected chi connectivity index (χ0v) is 22.7. The Morgan fingerprint density at radius 2 is 1.68 bits per heavy atom. The molecule has 0 spiro atoms. The molecule has 3 rings (SSSR count). The second-order valence-electron chi connectivity index (χ2n) is 8.42. The highest BCUT2D eigenvalue weighted by Gasteiger charge is 2.32. The number of sulfonamides is 1. The van der Waals surface area contributed by atoms with Crippen molar-refractivity contribution in [2.45, 2.75) is 31.3 Å². The van der Waals surface area contributed by atoms with Gasteiger partial charge in [-0.15, -0.1) is 0 Å². The highest BCUT2D eigenvalue weighted by Crippen LogP contribution is 2.29. The van der Waals surface area contributed by atoms with E-state index in [1.807, 2.05) is 0 Å². The largest absolute Gasteiger partial charge is 0.497 e. The topological polar surface area (TPSA) is 96.0 Å². The summed E-state index contributed by atoms with van der Waals surface area (Å²) in [5.41, 5.74) is 1.66. The van der Waals surface area contributed by atoms with Gasteiger partial charge in [-0.05, 0) is 67.4 Å². The Morgan fingerprint density at radius 3 is 2.24 bits per heavy atom. The molecule has 0 saturated carbocycles. The Kier molecular flexibility index (Phi) is 9.18. The predicted molar refractivity (Wildman–Crippen MR) is 144 cm³/mol. The second-order valence-corrected chi connectivity index (χ2v) is 10.7. The first-order valence-corrected chi connectivity index (χ1v) is 13.4. The minimum atomic E-state index is -4.13. The Morgan fingerprint density at radius 1 is 1.03 bits per heavy atom. The lowest BCUT2D eigenvalue weighted by Gasteiger charge is -2.32. The normalized spacial score (nSPS) is 11.9. The average molecular weight is 544 g/mol. The third-order valence-corrected chi connectivity index (χ3v) is 7.97. The quantitative estimate of drug-likeness (QED) is 0.417. The number of likely N-dealkylation sites (N-methyl/N-ethyl adjacent to an activating group) is 1. The fourth-order valence-electron chi connectivity index (χ4n) is 3.85. The summed E-state index contributed by atoms with van der Waals surface area (Å²) in [5.74, 6) is -0.262. The highest BCUT2D eigenvalue weighted by molar-refractivity contribution is 7.92. The minimum absolute atomic E-state index is 0.0400. The lowest BCUT2D eigenvalue weighted by Crippen LogP contribution is -2.50. The van der Waals surface area contributed by atoms with Crippen molar-refractivity contribution in [3.8, 4) is 5.75 Å². The molecule has 0 aliphatic carbocycles. The lowest BCUT2D eigenvalue weighted by atomic mass is 10.1. The van der Waals surface area contributed by atoms with E-state index < -0.39 is 28.5 Å². The molecule has 2 amide bonds. The van der Waals surface area contributed by atoms with Crippen LogP contribution in [-0.2, 0) is 26.2 Å². The van der Waals surface area contributed by atoms with E-state index in [4.69, 9.17) is 16.3 Å². The van der Waals surface area contributed by atoms with Crippen LogP contribution in [0.3, 0.4) is 0 Å². The third-order valence-electron chi connectivity index (χ3n) is 5.96. The van der Waals surface area contributed by atoms with Crippen LogP contribution in [0.2, 0.25) is 5.02 Å². The maximum absolute atomic E-state index is 13.8. The highest BCUT2D eigenvalue weighted by atomic mass is 35.5. The third kappa shape index (κ3) is 6.61. The van der Waals surface area contributed by atoms with Crippen molar-refractivity contribution in [1.29, 1.82) is 0 Å². The van der Waals surface area contributed by atoms with Crippen molar-refractivity contribution in [3.63, 3.8) is 0 Å². The van der Waals surface area contributed by atoms with Crippen molar-refractivity contribution in [2.24, 2.45) is 0 Å². The molecular weight excluding hydrogens is 514 g/mol. The molecule has 3 aromatic rings. The number of hydrogen-bond acceptors (Lipinski definition) is 5. The second kappa shape index (κ2) is 12.1. The van der Waals surface area contributed by atoms with Crippen molar-refractivity contribution < 1.29 is 22.7 Å². The molecule has 0 bridgehead atoms. The fraction of sp³-hybridized carbons (Fsp3) is 0.259. The molecule has 8 nitrogen and oxygen atoms in total. The minimum Gasteiger partial charge on any atom is -0.497 e. The molecule has 37 heavy (non-hydrogen) atoms. The molecule has 0 radical (unpaired) electrons. The van der Waals surface area contributed by atoms with Gasteiger partial charge in [-0.3, -0.25) is 13.9 Å². The van der Waals surface area contributed by atoms with Crippen LogP contribution < -0.4 is 14.4 Å². The van der Waals surface area contributed by atoms with Crippen LogP contribution in [0.15, 0.2) is 77.7 Å². The van der Waals surface area contributed by atoms with Gasteiger partial charge in [0.15, 0.2) is 0 Å². The number of carbonyl (C=O) groups is 2. The molecule has 0 fully saturated rings. The summed E-state index contributed by atoms with van der Waals surface area (Å²) in [7, 11) is -1.09. The summed E-state index contributed by atoms with van der Waals surface area (Å²) in [6.45, 7) is 2.90. The van der Waals surface area contributed by atoms with Gasteiger partial charge in [0.2, 0.25) is 11.8 Å². The van der Waals surface area contributed by atoms with Gasteiger partial charge in [0, 0.05) is 18.6 Å². The number of nitrogens with one attached hydrogen (secondary N) is 1. The fourth-order valence-corrected chi connectivity index (χ4v) is 5.58. The van der Waals surface area contributed by atoms with E-state index >= 15 is 0 Å². The standard InChI is InChI=1S/C27H30ClN3O5S/c1-19-16-22(28)12-15-25(19)31(37(34,35)24-8-6-5-7-9-24)18-26(32)30(20(2)27(33)29-3)17-21-10-13-23(36-4)14-11-21/h5-16,20H,17-18H2,1-4H3,(H,29,33)/t20-/m0/s1. The number of anilines is 1. The monoisotopic (exact) mass is 543 g/mol. The summed E-state index contributed by atoms with van der Waals surface area (Å²) in [4.78, 5) is 27.7. The van der Waals surface area contributed by atoms with Crippen molar-refractivity contribution in [1.82, 2.24) is 10.2 Å². The van der Waals surface area contributed by atoms with Gasteiger partial charge >= 0.3 is 0 Å². The molecular formula is C27H30ClN3O5S. The number of benzene rings is 3. The number of methoxy groups -OCH3 is 1. The summed E-state index contributed by atoms with van der Waals surface area (Å²) in [6.07, 6.45) is 0. The molecule has 10 heteroatoms. The van der Waals surface area contributed by atoms with E-state index in [1.165, 1.54) is 24.1 Å². The SMILES string of the molecule is CNC(=O)[C@H](C)N(Cc1ccc(OC)cc1)C(=O)CN(c1ccc(Cl)cc1C)S(=O)(=O)c1ccccc1. The molecule has 1 N–H and O–H groups in total. The van der Waals surface area contributed by atoms with Gasteiger partial charge in [0.1, 0.15) is 18.3 Å². The average Bonchev–Trinajstić information content (AvgIpc) is 2.90. The van der Waals surface area contributed by atoms with E-state index in [2.05, 4.69) is 5.32 Å². The van der Waals surface area contributed by atoms with Crippen LogP contribution in [-0.4, -0.2) is 51.9 Å². The first-order valence-electron chi connectivity index (χ1n) is 11.6. The number of ether oxygens (including phenoxy) is 1. The van der Waals surface area contributed by atoms with Crippen molar-refractivity contribution in [3.05, 3.63) is 88.9 Å². The molecule has 1 atom stereocenters. The molecule has 0 aliphatic rings. The summed E-state index contributed by atoms with van der Waals surface area (Å²) >= 11 is 6.12. The molecule has 0 aliphatic heterocycles. The number of halogens is 1. The van der Waals surface area contributed by atoms with Gasteiger partial charge in [-0.2, -0.15) is 0 Å². The predicted octanol–water partition coefficient (Wildman–Crippen LogP) is 4.02. The van der Waals surface area contributed by atoms with Crippen LogP contribution in [0.25, 0.3) is 0 Å². The smallest absolute Gasteiger partial charge is 0.264 e. The molecule has 0 unspecified atom stereocenters. The Labute approximate surface area is 222 Å². The summed E-state index contributed by atoms with van der Waals surface area (Å²) in [5, 5.41) is 3.00. The first-order chi connectivity index (χ1) is 17.6. The molecule has 3 aromatic carbocycles. The maximum Gasteiger partial charge on any atom is 0.264 e. The summed E-state index contributed by atoms with van der Waals surface area (Å²) in [6, 6.07) is 18.9. The maximum atomic E-state index is 13.8. The Hall–Kier alpha value is -3.56. The van der Waals surface area contributed by atoms with Gasteiger partial charge in [-0.25, -0.2) is 8.42 Å². The van der Waals surface area contributed by atoms with E-state index in [1.54, 1.807) is 81.6 Å². The Balaban J connectivity index is 2.04. The van der Waals surface area contributed by atoms with Crippen molar-refractivity contribution in [2.75, 3.05) is 25.0 Å².